The van der Waals surface area contributed by atoms with Gasteiger partial charge in [-0.3, -0.25) is 4.57 Å². The third-order valence-corrected chi connectivity index (χ3v) is 4.91. The summed E-state index contributed by atoms with van der Waals surface area (Å²) in [6, 6.07) is 25.8. The molecule has 1 heterocycles. The van der Waals surface area contributed by atoms with E-state index in [1.54, 1.807) is 0 Å². The van der Waals surface area contributed by atoms with Gasteiger partial charge in [-0.25, -0.2) is 0 Å². The van der Waals surface area contributed by atoms with Crippen molar-refractivity contribution in [1.29, 1.82) is 0 Å². The second-order valence-electron chi connectivity index (χ2n) is 6.75. The quantitative estimate of drug-likeness (QED) is 0.333. The Bertz CT molecular complexity index is 1060. The number of hydrogen-bond acceptors (Lipinski definition) is 3. The summed E-state index contributed by atoms with van der Waals surface area (Å²) in [5.74, 6) is 2.42. The largest absolute Gasteiger partial charge is 0.494 e. The third-order valence-electron chi connectivity index (χ3n) is 4.66. The summed E-state index contributed by atoms with van der Waals surface area (Å²) in [7, 11) is 0. The molecule has 0 N–H and O–H groups in total. The van der Waals surface area contributed by atoms with Crippen LogP contribution in [0.25, 0.3) is 28.5 Å². The summed E-state index contributed by atoms with van der Waals surface area (Å²) < 4.78 is 7.85. The van der Waals surface area contributed by atoms with Crippen LogP contribution in [0.2, 0.25) is 5.02 Å². The highest BCUT2D eigenvalue weighted by molar-refractivity contribution is 6.30. The van der Waals surface area contributed by atoms with Crippen LogP contribution in [-0.2, 0) is 0 Å². The molecule has 0 fully saturated rings. The third kappa shape index (κ3) is 4.33. The molecule has 29 heavy (non-hydrogen) atoms. The van der Waals surface area contributed by atoms with Gasteiger partial charge in [-0.05, 0) is 67.1 Å². The standard InChI is InChI=1S/C24H22ClN3O/c1-2-3-17-29-22-15-11-19(12-16-22)24-27-26-23(18-9-13-20(25)14-10-18)28(24)21-7-5-4-6-8-21/h4-16H,2-3,17H2,1H3. The molecule has 0 amide bonds. The normalized spacial score (nSPS) is 10.8. The maximum Gasteiger partial charge on any atom is 0.168 e. The smallest absolute Gasteiger partial charge is 0.168 e. The first-order valence-corrected chi connectivity index (χ1v) is 10.1. The second-order valence-corrected chi connectivity index (χ2v) is 7.19. The van der Waals surface area contributed by atoms with E-state index in [0.29, 0.717) is 5.02 Å². The van der Waals surface area contributed by atoms with Crippen LogP contribution in [0.3, 0.4) is 0 Å². The van der Waals surface area contributed by atoms with Crippen molar-refractivity contribution in [2.24, 2.45) is 0 Å². The van der Waals surface area contributed by atoms with Gasteiger partial charge in [0.1, 0.15) is 5.75 Å². The number of para-hydroxylation sites is 1. The summed E-state index contributed by atoms with van der Waals surface area (Å²) in [5.41, 5.74) is 2.93. The summed E-state index contributed by atoms with van der Waals surface area (Å²) >= 11 is 6.06. The van der Waals surface area contributed by atoms with Crippen LogP contribution >= 0.6 is 11.6 Å². The fraction of sp³-hybridized carbons (Fsp3) is 0.167. The van der Waals surface area contributed by atoms with Crippen LogP contribution in [0.5, 0.6) is 5.75 Å². The van der Waals surface area contributed by atoms with Crippen molar-refractivity contribution in [1.82, 2.24) is 14.8 Å². The van der Waals surface area contributed by atoms with Gasteiger partial charge in [0.2, 0.25) is 0 Å². The average Bonchev–Trinajstić information content (AvgIpc) is 3.21. The zero-order valence-electron chi connectivity index (χ0n) is 16.3. The lowest BCUT2D eigenvalue weighted by Crippen LogP contribution is -2.00. The first kappa shape index (κ1) is 19.2. The van der Waals surface area contributed by atoms with Crippen molar-refractivity contribution < 1.29 is 4.74 Å². The van der Waals surface area contributed by atoms with Gasteiger partial charge in [-0.2, -0.15) is 0 Å². The zero-order chi connectivity index (χ0) is 20.1. The van der Waals surface area contributed by atoms with E-state index in [9.17, 15) is 0 Å². The van der Waals surface area contributed by atoms with E-state index in [0.717, 1.165) is 53.7 Å². The molecule has 0 saturated carbocycles. The van der Waals surface area contributed by atoms with E-state index in [1.165, 1.54) is 0 Å². The van der Waals surface area contributed by atoms with Crippen LogP contribution < -0.4 is 4.74 Å². The van der Waals surface area contributed by atoms with Gasteiger partial charge in [-0.15, -0.1) is 10.2 Å². The Morgan fingerprint density at radius 1 is 0.793 bits per heavy atom. The molecule has 0 bridgehead atoms. The summed E-state index contributed by atoms with van der Waals surface area (Å²) in [6.07, 6.45) is 2.17. The topological polar surface area (TPSA) is 39.9 Å². The molecule has 0 unspecified atom stereocenters. The van der Waals surface area contributed by atoms with Gasteiger partial charge in [0, 0.05) is 21.8 Å². The SMILES string of the molecule is CCCCOc1ccc(-c2nnc(-c3ccc(Cl)cc3)n2-c2ccccc2)cc1. The lowest BCUT2D eigenvalue weighted by molar-refractivity contribution is 0.309. The lowest BCUT2D eigenvalue weighted by atomic mass is 10.1. The van der Waals surface area contributed by atoms with Gasteiger partial charge in [0.15, 0.2) is 11.6 Å². The molecule has 0 aliphatic carbocycles. The molecule has 4 rings (SSSR count). The molecule has 1 aromatic heterocycles. The van der Waals surface area contributed by atoms with E-state index in [2.05, 4.69) is 33.8 Å². The summed E-state index contributed by atoms with van der Waals surface area (Å²) in [4.78, 5) is 0. The van der Waals surface area contributed by atoms with E-state index >= 15 is 0 Å². The lowest BCUT2D eigenvalue weighted by Gasteiger charge is -2.11. The Kier molecular flexibility index (Phi) is 5.92. The van der Waals surface area contributed by atoms with Crippen molar-refractivity contribution in [3.8, 4) is 34.2 Å². The van der Waals surface area contributed by atoms with Crippen LogP contribution in [0.15, 0.2) is 78.9 Å². The highest BCUT2D eigenvalue weighted by atomic mass is 35.5. The second kappa shape index (κ2) is 8.93. The molecule has 4 aromatic rings. The maximum absolute atomic E-state index is 6.06. The van der Waals surface area contributed by atoms with Crippen molar-refractivity contribution in [2.45, 2.75) is 19.8 Å². The van der Waals surface area contributed by atoms with Gasteiger partial charge in [-0.1, -0.05) is 43.1 Å². The molecule has 0 atom stereocenters. The minimum Gasteiger partial charge on any atom is -0.494 e. The predicted octanol–water partition coefficient (Wildman–Crippen LogP) is 6.43. The Hall–Kier alpha value is -3.11. The van der Waals surface area contributed by atoms with Crippen molar-refractivity contribution in [2.75, 3.05) is 6.61 Å². The fourth-order valence-corrected chi connectivity index (χ4v) is 3.24. The molecule has 4 nitrogen and oxygen atoms in total. The molecule has 0 saturated heterocycles. The molecule has 5 heteroatoms. The molecule has 0 aliphatic rings. The number of unbranched alkanes of at least 4 members (excludes halogenated alkanes) is 1. The van der Waals surface area contributed by atoms with Crippen LogP contribution in [-0.4, -0.2) is 21.4 Å². The van der Waals surface area contributed by atoms with Gasteiger partial charge >= 0.3 is 0 Å². The van der Waals surface area contributed by atoms with E-state index in [-0.39, 0.29) is 0 Å². The fourth-order valence-electron chi connectivity index (χ4n) is 3.11. The predicted molar refractivity (Wildman–Crippen MR) is 118 cm³/mol. The highest BCUT2D eigenvalue weighted by Crippen LogP contribution is 2.30. The first-order chi connectivity index (χ1) is 14.3. The number of benzene rings is 3. The van der Waals surface area contributed by atoms with Gasteiger partial charge in [0.05, 0.1) is 6.61 Å². The molecular weight excluding hydrogens is 382 g/mol. The van der Waals surface area contributed by atoms with Crippen molar-refractivity contribution in [3.05, 3.63) is 83.9 Å². The summed E-state index contributed by atoms with van der Waals surface area (Å²) in [6.45, 7) is 2.89. The molecule has 0 aliphatic heterocycles. The van der Waals surface area contributed by atoms with E-state index in [1.807, 2.05) is 66.7 Å². The number of halogens is 1. The Labute approximate surface area is 175 Å². The zero-order valence-corrected chi connectivity index (χ0v) is 17.0. The van der Waals surface area contributed by atoms with Crippen molar-refractivity contribution >= 4 is 11.6 Å². The van der Waals surface area contributed by atoms with Gasteiger partial charge < -0.3 is 4.74 Å². The van der Waals surface area contributed by atoms with Crippen LogP contribution in [0.1, 0.15) is 19.8 Å². The number of aromatic nitrogens is 3. The minimum absolute atomic E-state index is 0.693. The highest BCUT2D eigenvalue weighted by Gasteiger charge is 2.17. The average molecular weight is 404 g/mol. The molecule has 3 aromatic carbocycles. The number of nitrogens with zero attached hydrogens (tertiary/aromatic N) is 3. The van der Waals surface area contributed by atoms with Crippen molar-refractivity contribution in [3.63, 3.8) is 0 Å². The number of hydrogen-bond donors (Lipinski definition) is 0. The van der Waals surface area contributed by atoms with Crippen LogP contribution in [0.4, 0.5) is 0 Å². The summed E-state index contributed by atoms with van der Waals surface area (Å²) in [5, 5.41) is 9.69. The number of rotatable bonds is 7. The van der Waals surface area contributed by atoms with E-state index < -0.39 is 0 Å². The molecule has 0 radical (unpaired) electrons. The Balaban J connectivity index is 1.75. The molecular formula is C24H22ClN3O. The van der Waals surface area contributed by atoms with E-state index in [4.69, 9.17) is 16.3 Å². The monoisotopic (exact) mass is 403 g/mol. The van der Waals surface area contributed by atoms with Gasteiger partial charge in [0.25, 0.3) is 0 Å². The minimum atomic E-state index is 0.693. The Morgan fingerprint density at radius 3 is 1.97 bits per heavy atom. The first-order valence-electron chi connectivity index (χ1n) is 9.76. The molecule has 146 valence electrons. The Morgan fingerprint density at radius 2 is 1.38 bits per heavy atom. The maximum atomic E-state index is 6.06. The number of ether oxygens (including phenoxy) is 1. The van der Waals surface area contributed by atoms with Crippen LogP contribution in [0, 0.1) is 0 Å². The molecule has 0 spiro atoms.